The van der Waals surface area contributed by atoms with E-state index in [2.05, 4.69) is 18.0 Å². The van der Waals surface area contributed by atoms with Crippen molar-refractivity contribution in [2.24, 2.45) is 5.73 Å². The van der Waals surface area contributed by atoms with E-state index in [0.29, 0.717) is 6.04 Å². The molecule has 1 aliphatic rings. The van der Waals surface area contributed by atoms with Crippen molar-refractivity contribution in [3.8, 4) is 0 Å². The van der Waals surface area contributed by atoms with Gasteiger partial charge in [-0.3, -0.25) is 10.3 Å². The van der Waals surface area contributed by atoms with Crippen LogP contribution in [-0.4, -0.2) is 37.0 Å². The molecule has 0 aliphatic carbocycles. The summed E-state index contributed by atoms with van der Waals surface area (Å²) >= 11 is 0. The molecule has 1 heterocycles. The Kier molecular flexibility index (Phi) is 4.33. The average Bonchev–Trinajstić information content (AvgIpc) is 2.40. The standard InChI is InChI=1S/C14H21N3O/c1-17(13-6-3-7-18-10-13)9-11-4-2-5-12(8-11)14(15)16/h2,4-5,8,13H,3,6-7,9-10H2,1H3,(H3,15,16). The van der Waals surface area contributed by atoms with Crippen LogP contribution >= 0.6 is 0 Å². The molecule has 1 aromatic rings. The normalized spacial score (nSPS) is 20.0. The molecule has 1 saturated heterocycles. The topological polar surface area (TPSA) is 62.3 Å². The van der Waals surface area contributed by atoms with Gasteiger partial charge < -0.3 is 10.5 Å². The second-order valence-electron chi connectivity index (χ2n) is 4.90. The molecule has 0 bridgehead atoms. The highest BCUT2D eigenvalue weighted by Crippen LogP contribution is 2.15. The van der Waals surface area contributed by atoms with Crippen molar-refractivity contribution in [3.05, 3.63) is 35.4 Å². The first kappa shape index (κ1) is 13.1. The molecule has 0 saturated carbocycles. The third-order valence-electron chi connectivity index (χ3n) is 3.43. The molecule has 1 aromatic carbocycles. The molecular formula is C14H21N3O. The van der Waals surface area contributed by atoms with Gasteiger partial charge in [0.1, 0.15) is 5.84 Å². The van der Waals surface area contributed by atoms with E-state index in [4.69, 9.17) is 15.9 Å². The number of nitrogens with two attached hydrogens (primary N) is 1. The quantitative estimate of drug-likeness (QED) is 0.627. The first-order valence-electron chi connectivity index (χ1n) is 6.38. The number of likely N-dealkylation sites (N-methyl/N-ethyl adjacent to an activating group) is 1. The predicted molar refractivity (Wildman–Crippen MR) is 72.8 cm³/mol. The lowest BCUT2D eigenvalue weighted by Gasteiger charge is -2.31. The Morgan fingerprint density at radius 1 is 1.56 bits per heavy atom. The third-order valence-corrected chi connectivity index (χ3v) is 3.43. The lowest BCUT2D eigenvalue weighted by Crippen LogP contribution is -2.38. The minimum absolute atomic E-state index is 0.125. The number of hydrogen-bond acceptors (Lipinski definition) is 3. The van der Waals surface area contributed by atoms with Crippen molar-refractivity contribution in [2.45, 2.75) is 25.4 Å². The van der Waals surface area contributed by atoms with Crippen LogP contribution in [0.3, 0.4) is 0 Å². The van der Waals surface area contributed by atoms with Gasteiger partial charge in [-0.1, -0.05) is 18.2 Å². The van der Waals surface area contributed by atoms with Crippen molar-refractivity contribution in [2.75, 3.05) is 20.3 Å². The van der Waals surface area contributed by atoms with Gasteiger partial charge in [0.2, 0.25) is 0 Å². The maximum Gasteiger partial charge on any atom is 0.122 e. The predicted octanol–water partition coefficient (Wildman–Crippen LogP) is 1.58. The Hall–Kier alpha value is -1.39. The van der Waals surface area contributed by atoms with Gasteiger partial charge in [-0.05, 0) is 31.5 Å². The maximum atomic E-state index is 7.45. The van der Waals surface area contributed by atoms with E-state index in [1.54, 1.807) is 0 Å². The average molecular weight is 247 g/mol. The van der Waals surface area contributed by atoms with E-state index >= 15 is 0 Å². The second kappa shape index (κ2) is 5.98. The number of nitrogens with zero attached hydrogens (tertiary/aromatic N) is 1. The van der Waals surface area contributed by atoms with Gasteiger partial charge >= 0.3 is 0 Å². The maximum absolute atomic E-state index is 7.45. The number of nitrogens with one attached hydrogen (secondary N) is 1. The summed E-state index contributed by atoms with van der Waals surface area (Å²) in [4.78, 5) is 2.32. The second-order valence-corrected chi connectivity index (χ2v) is 4.90. The molecule has 1 fully saturated rings. The summed E-state index contributed by atoms with van der Waals surface area (Å²) in [5.74, 6) is 0.125. The first-order chi connectivity index (χ1) is 8.66. The van der Waals surface area contributed by atoms with Crippen LogP contribution in [0.15, 0.2) is 24.3 Å². The summed E-state index contributed by atoms with van der Waals surface area (Å²) in [6, 6.07) is 8.39. The van der Waals surface area contributed by atoms with E-state index in [1.807, 2.05) is 18.2 Å². The van der Waals surface area contributed by atoms with Crippen LogP contribution in [0.4, 0.5) is 0 Å². The van der Waals surface area contributed by atoms with Gasteiger partial charge in [0.15, 0.2) is 0 Å². The summed E-state index contributed by atoms with van der Waals surface area (Å²) < 4.78 is 5.51. The smallest absolute Gasteiger partial charge is 0.122 e. The summed E-state index contributed by atoms with van der Waals surface area (Å²) in [5, 5.41) is 7.45. The molecule has 1 atom stereocenters. The fourth-order valence-corrected chi connectivity index (χ4v) is 2.33. The number of amidine groups is 1. The number of ether oxygens (including phenoxy) is 1. The fraction of sp³-hybridized carbons (Fsp3) is 0.500. The molecule has 4 nitrogen and oxygen atoms in total. The van der Waals surface area contributed by atoms with Crippen LogP contribution in [0, 0.1) is 5.41 Å². The molecule has 2 rings (SSSR count). The molecule has 0 spiro atoms. The Bertz CT molecular complexity index is 413. The van der Waals surface area contributed by atoms with Crippen LogP contribution in [0.25, 0.3) is 0 Å². The number of rotatable bonds is 4. The van der Waals surface area contributed by atoms with Gasteiger partial charge in [-0.2, -0.15) is 0 Å². The zero-order chi connectivity index (χ0) is 13.0. The largest absolute Gasteiger partial charge is 0.384 e. The van der Waals surface area contributed by atoms with E-state index in [-0.39, 0.29) is 5.84 Å². The lowest BCUT2D eigenvalue weighted by molar-refractivity contribution is 0.0250. The minimum atomic E-state index is 0.125. The highest BCUT2D eigenvalue weighted by atomic mass is 16.5. The Morgan fingerprint density at radius 3 is 3.06 bits per heavy atom. The van der Waals surface area contributed by atoms with Gasteiger partial charge in [-0.25, -0.2) is 0 Å². The molecule has 3 N–H and O–H groups in total. The van der Waals surface area contributed by atoms with Crippen LogP contribution < -0.4 is 5.73 Å². The number of nitrogen functional groups attached to an aromatic ring is 1. The SMILES string of the molecule is CN(Cc1cccc(C(=N)N)c1)C1CCCOC1. The third kappa shape index (κ3) is 3.31. The molecule has 4 heteroatoms. The van der Waals surface area contributed by atoms with Crippen LogP contribution in [-0.2, 0) is 11.3 Å². The summed E-state index contributed by atoms with van der Waals surface area (Å²) in [6.07, 6.45) is 2.34. The fourth-order valence-electron chi connectivity index (χ4n) is 2.33. The zero-order valence-electron chi connectivity index (χ0n) is 10.9. The first-order valence-corrected chi connectivity index (χ1v) is 6.38. The highest BCUT2D eigenvalue weighted by Gasteiger charge is 2.18. The van der Waals surface area contributed by atoms with Crippen molar-refractivity contribution in [1.29, 1.82) is 5.41 Å². The molecule has 1 aliphatic heterocycles. The van der Waals surface area contributed by atoms with Crippen molar-refractivity contribution >= 4 is 5.84 Å². The summed E-state index contributed by atoms with van der Waals surface area (Å²) in [5.41, 5.74) is 7.49. The van der Waals surface area contributed by atoms with Crippen LogP contribution in [0.2, 0.25) is 0 Å². The summed E-state index contributed by atoms with van der Waals surface area (Å²) in [6.45, 7) is 2.59. The Morgan fingerprint density at radius 2 is 2.39 bits per heavy atom. The number of hydrogen-bond donors (Lipinski definition) is 2. The monoisotopic (exact) mass is 247 g/mol. The van der Waals surface area contributed by atoms with Crippen LogP contribution in [0.1, 0.15) is 24.0 Å². The Labute approximate surface area is 108 Å². The molecule has 18 heavy (non-hydrogen) atoms. The van der Waals surface area contributed by atoms with Crippen molar-refractivity contribution in [1.82, 2.24) is 4.90 Å². The molecule has 1 unspecified atom stereocenters. The lowest BCUT2D eigenvalue weighted by atomic mass is 10.1. The van der Waals surface area contributed by atoms with Gasteiger partial charge in [-0.15, -0.1) is 0 Å². The number of benzene rings is 1. The Balaban J connectivity index is 1.99. The van der Waals surface area contributed by atoms with E-state index in [9.17, 15) is 0 Å². The molecule has 98 valence electrons. The van der Waals surface area contributed by atoms with Gasteiger partial charge in [0, 0.05) is 24.8 Å². The highest BCUT2D eigenvalue weighted by molar-refractivity contribution is 5.95. The van der Waals surface area contributed by atoms with E-state index in [0.717, 1.165) is 31.7 Å². The van der Waals surface area contributed by atoms with Gasteiger partial charge in [0.05, 0.1) is 6.61 Å². The summed E-state index contributed by atoms with van der Waals surface area (Å²) in [7, 11) is 2.12. The van der Waals surface area contributed by atoms with Crippen LogP contribution in [0.5, 0.6) is 0 Å². The van der Waals surface area contributed by atoms with E-state index < -0.39 is 0 Å². The molecule has 0 amide bonds. The zero-order valence-corrected chi connectivity index (χ0v) is 10.9. The van der Waals surface area contributed by atoms with Crippen molar-refractivity contribution in [3.63, 3.8) is 0 Å². The molecule has 0 radical (unpaired) electrons. The van der Waals surface area contributed by atoms with Gasteiger partial charge in [0.25, 0.3) is 0 Å². The van der Waals surface area contributed by atoms with Crippen molar-refractivity contribution < 1.29 is 4.74 Å². The molecular weight excluding hydrogens is 226 g/mol. The van der Waals surface area contributed by atoms with E-state index in [1.165, 1.54) is 12.0 Å². The minimum Gasteiger partial charge on any atom is -0.384 e. The molecule has 0 aromatic heterocycles.